The van der Waals surface area contributed by atoms with Crippen molar-refractivity contribution >= 4 is 32.6 Å². The minimum atomic E-state index is -4.46. The van der Waals surface area contributed by atoms with Crippen molar-refractivity contribution in [1.29, 1.82) is 0 Å². The van der Waals surface area contributed by atoms with Crippen molar-refractivity contribution in [3.63, 3.8) is 0 Å². The molecule has 0 aliphatic heterocycles. The number of likely N-dealkylation sites (N-methyl/N-ethyl adjacent to an activating group) is 1. The summed E-state index contributed by atoms with van der Waals surface area (Å²) in [6.07, 6.45) is -4.19. The Bertz CT molecular complexity index is 697. The van der Waals surface area contributed by atoms with E-state index in [4.69, 9.17) is 0 Å². The molecule has 0 atom stereocenters. The average molecular weight is 345 g/mol. The Morgan fingerprint density at radius 1 is 1.26 bits per heavy atom. The second-order valence-electron chi connectivity index (χ2n) is 5.35. The maximum atomic E-state index is 13.1. The first-order chi connectivity index (χ1) is 10.7. The predicted molar refractivity (Wildman–Crippen MR) is 85.8 cm³/mol. The van der Waals surface area contributed by atoms with Crippen LogP contribution in [0, 0.1) is 0 Å². The van der Waals surface area contributed by atoms with Crippen molar-refractivity contribution in [3.05, 3.63) is 23.8 Å². The summed E-state index contributed by atoms with van der Waals surface area (Å²) >= 11 is 1.11. The van der Waals surface area contributed by atoms with Gasteiger partial charge in [0.1, 0.15) is 0 Å². The Kier molecular flexibility index (Phi) is 5.26. The summed E-state index contributed by atoms with van der Waals surface area (Å²) in [4.78, 5) is 19.6. The minimum absolute atomic E-state index is 0.0984. The Morgan fingerprint density at radius 2 is 1.96 bits per heavy atom. The third-order valence-corrected chi connectivity index (χ3v) is 4.36. The van der Waals surface area contributed by atoms with Crippen molar-refractivity contribution in [2.75, 3.05) is 32.1 Å². The topological polar surface area (TPSA) is 36.4 Å². The largest absolute Gasteiger partial charge is 0.418 e. The van der Waals surface area contributed by atoms with Crippen molar-refractivity contribution in [3.8, 4) is 0 Å². The molecule has 8 heteroatoms. The Hall–Kier alpha value is -1.67. The van der Waals surface area contributed by atoms with Crippen LogP contribution in [0.4, 0.5) is 18.3 Å². The van der Waals surface area contributed by atoms with Crippen LogP contribution < -0.4 is 4.90 Å². The van der Waals surface area contributed by atoms with E-state index in [-0.39, 0.29) is 17.8 Å². The fraction of sp³-hybridized carbons (Fsp3) is 0.467. The van der Waals surface area contributed by atoms with E-state index in [1.807, 2.05) is 19.0 Å². The number of para-hydroxylation sites is 1. The monoisotopic (exact) mass is 345 g/mol. The first kappa shape index (κ1) is 17.7. The number of alkyl halides is 3. The lowest BCUT2D eigenvalue weighted by Crippen LogP contribution is -2.36. The van der Waals surface area contributed by atoms with E-state index in [0.717, 1.165) is 17.4 Å². The van der Waals surface area contributed by atoms with Gasteiger partial charge in [-0.05, 0) is 26.2 Å². The Balaban J connectivity index is 2.46. The zero-order valence-electron chi connectivity index (χ0n) is 13.1. The van der Waals surface area contributed by atoms with Gasteiger partial charge in [0.15, 0.2) is 5.13 Å². The Labute approximate surface area is 136 Å². The number of aromatic nitrogens is 1. The van der Waals surface area contributed by atoms with E-state index in [1.54, 1.807) is 13.0 Å². The van der Waals surface area contributed by atoms with Gasteiger partial charge in [0.2, 0.25) is 5.91 Å². The van der Waals surface area contributed by atoms with Gasteiger partial charge in [0.05, 0.1) is 15.8 Å². The van der Waals surface area contributed by atoms with Gasteiger partial charge in [-0.3, -0.25) is 9.69 Å². The summed E-state index contributed by atoms with van der Waals surface area (Å²) in [6, 6.07) is 3.96. The molecule has 0 fully saturated rings. The average Bonchev–Trinajstić information content (AvgIpc) is 2.88. The third-order valence-electron chi connectivity index (χ3n) is 3.32. The van der Waals surface area contributed by atoms with Gasteiger partial charge in [-0.1, -0.05) is 24.3 Å². The molecule has 0 radical (unpaired) electrons. The third kappa shape index (κ3) is 4.00. The lowest BCUT2D eigenvalue weighted by Gasteiger charge is -2.21. The Morgan fingerprint density at radius 3 is 2.52 bits per heavy atom. The highest BCUT2D eigenvalue weighted by atomic mass is 32.1. The number of halogens is 3. The highest BCUT2D eigenvalue weighted by Crippen LogP contribution is 2.38. The molecule has 126 valence electrons. The molecule has 4 nitrogen and oxygen atoms in total. The number of amides is 1. The molecule has 0 saturated heterocycles. The molecular formula is C15H18F3N3OS. The molecule has 23 heavy (non-hydrogen) atoms. The highest BCUT2D eigenvalue weighted by molar-refractivity contribution is 7.22. The SMILES string of the molecule is CCC(=O)N(CCN(C)C)c1nc2c(C(F)(F)F)cccc2s1. The van der Waals surface area contributed by atoms with Crippen LogP contribution in [0.15, 0.2) is 18.2 Å². The standard InChI is InChI=1S/C15H18F3N3OS/c1-4-12(22)21(9-8-20(2)3)14-19-13-10(15(16,17)18)6-5-7-11(13)23-14/h5-7H,4,8-9H2,1-3H3. The van der Waals surface area contributed by atoms with Crippen LogP contribution in [-0.2, 0) is 11.0 Å². The van der Waals surface area contributed by atoms with Crippen LogP contribution in [-0.4, -0.2) is 43.0 Å². The fourth-order valence-corrected chi connectivity index (χ4v) is 3.13. The summed E-state index contributed by atoms with van der Waals surface area (Å²) in [5, 5.41) is 0.311. The summed E-state index contributed by atoms with van der Waals surface area (Å²) in [7, 11) is 3.74. The maximum Gasteiger partial charge on any atom is 0.418 e. The van der Waals surface area contributed by atoms with Gasteiger partial charge in [-0.15, -0.1) is 0 Å². The normalized spacial score (nSPS) is 12.1. The second kappa shape index (κ2) is 6.84. The summed E-state index contributed by atoms with van der Waals surface area (Å²) < 4.78 is 39.7. The number of rotatable bonds is 5. The van der Waals surface area contributed by atoms with Crippen LogP contribution in [0.2, 0.25) is 0 Å². The molecule has 0 N–H and O–H groups in total. The molecule has 0 aliphatic carbocycles. The molecule has 0 bridgehead atoms. The number of nitrogens with zero attached hydrogens (tertiary/aromatic N) is 3. The number of hydrogen-bond donors (Lipinski definition) is 0. The predicted octanol–water partition coefficient (Wildman–Crippen LogP) is 3.62. The zero-order chi connectivity index (χ0) is 17.2. The quantitative estimate of drug-likeness (QED) is 0.830. The lowest BCUT2D eigenvalue weighted by atomic mass is 10.2. The number of carbonyl (C=O) groups excluding carboxylic acids is 1. The van der Waals surface area contributed by atoms with Gasteiger partial charge < -0.3 is 4.90 Å². The summed E-state index contributed by atoms with van der Waals surface area (Å²) in [6.45, 7) is 2.72. The molecule has 0 saturated carbocycles. The van der Waals surface area contributed by atoms with Crippen LogP contribution in [0.1, 0.15) is 18.9 Å². The summed E-state index contributed by atoms with van der Waals surface area (Å²) in [5.74, 6) is -0.153. The molecule has 1 aromatic carbocycles. The first-order valence-corrected chi connectivity index (χ1v) is 7.97. The van der Waals surface area contributed by atoms with Gasteiger partial charge in [0.25, 0.3) is 0 Å². The summed E-state index contributed by atoms with van der Waals surface area (Å²) in [5.41, 5.74) is -0.868. The van der Waals surface area contributed by atoms with Crippen LogP contribution in [0.5, 0.6) is 0 Å². The van der Waals surface area contributed by atoms with E-state index >= 15 is 0 Å². The number of anilines is 1. The number of hydrogen-bond acceptors (Lipinski definition) is 4. The van der Waals surface area contributed by atoms with Crippen molar-refractivity contribution in [2.45, 2.75) is 19.5 Å². The number of carbonyl (C=O) groups is 1. The molecule has 1 aromatic heterocycles. The minimum Gasteiger partial charge on any atom is -0.308 e. The van der Waals surface area contributed by atoms with E-state index in [9.17, 15) is 18.0 Å². The van der Waals surface area contributed by atoms with E-state index < -0.39 is 11.7 Å². The molecule has 1 amide bonds. The highest BCUT2D eigenvalue weighted by Gasteiger charge is 2.34. The molecular weight excluding hydrogens is 327 g/mol. The molecule has 2 rings (SSSR count). The van der Waals surface area contributed by atoms with E-state index in [1.165, 1.54) is 11.0 Å². The molecule has 2 aromatic rings. The lowest BCUT2D eigenvalue weighted by molar-refractivity contribution is -0.136. The second-order valence-corrected chi connectivity index (χ2v) is 6.36. The van der Waals surface area contributed by atoms with Crippen molar-refractivity contribution in [1.82, 2.24) is 9.88 Å². The number of benzene rings is 1. The molecule has 0 spiro atoms. The number of thiazole rings is 1. The molecule has 0 aliphatic rings. The van der Waals surface area contributed by atoms with Crippen molar-refractivity contribution < 1.29 is 18.0 Å². The molecule has 0 unspecified atom stereocenters. The van der Waals surface area contributed by atoms with Crippen LogP contribution in [0.25, 0.3) is 10.2 Å². The van der Waals surface area contributed by atoms with Gasteiger partial charge in [-0.2, -0.15) is 13.2 Å². The molecule has 1 heterocycles. The van der Waals surface area contributed by atoms with Crippen LogP contribution >= 0.6 is 11.3 Å². The number of fused-ring (bicyclic) bond motifs is 1. The first-order valence-electron chi connectivity index (χ1n) is 7.16. The zero-order valence-corrected chi connectivity index (χ0v) is 14.0. The smallest absolute Gasteiger partial charge is 0.308 e. The fourth-order valence-electron chi connectivity index (χ4n) is 2.10. The van der Waals surface area contributed by atoms with Crippen molar-refractivity contribution in [2.24, 2.45) is 0 Å². The van der Waals surface area contributed by atoms with Gasteiger partial charge in [0, 0.05) is 19.5 Å². The maximum absolute atomic E-state index is 13.1. The van der Waals surface area contributed by atoms with Gasteiger partial charge in [-0.25, -0.2) is 4.98 Å². The van der Waals surface area contributed by atoms with E-state index in [0.29, 0.717) is 22.9 Å². The van der Waals surface area contributed by atoms with Gasteiger partial charge >= 0.3 is 6.18 Å². The van der Waals surface area contributed by atoms with E-state index in [2.05, 4.69) is 4.98 Å². The van der Waals surface area contributed by atoms with Crippen LogP contribution in [0.3, 0.4) is 0 Å².